The predicted molar refractivity (Wildman–Crippen MR) is 106 cm³/mol. The number of amides is 1. The Morgan fingerprint density at radius 2 is 1.70 bits per heavy atom. The number of halogens is 1. The van der Waals surface area contributed by atoms with Crippen LogP contribution >= 0.6 is 11.6 Å². The highest BCUT2D eigenvalue weighted by molar-refractivity contribution is 7.92. The van der Waals surface area contributed by atoms with Crippen LogP contribution in [0.3, 0.4) is 0 Å². The molecule has 0 aromatic heterocycles. The van der Waals surface area contributed by atoms with E-state index in [1.165, 1.54) is 61.8 Å². The van der Waals surface area contributed by atoms with Crippen LogP contribution in [0.15, 0.2) is 41.3 Å². The molecule has 1 N–H and O–H groups in total. The molecule has 0 unspecified atom stereocenters. The van der Waals surface area contributed by atoms with Crippen LogP contribution in [0.25, 0.3) is 0 Å². The van der Waals surface area contributed by atoms with Crippen LogP contribution in [0.2, 0.25) is 5.02 Å². The number of benzene rings is 2. The standard InChI is InChI=1S/C18H21ClN2O5S/c1-5-21(16-11-17(25-3)15(19)10-18(16)26-4)27(23,24)14-8-6-13(7-9-14)20-12(2)22/h6-11H,5H2,1-4H3,(H,20,22). The molecule has 0 atom stereocenters. The summed E-state index contributed by atoms with van der Waals surface area (Å²) in [6.45, 7) is 3.25. The number of carbonyl (C=O) groups excluding carboxylic acids is 1. The van der Waals surface area contributed by atoms with E-state index in [1.807, 2.05) is 0 Å². The second-order valence-electron chi connectivity index (χ2n) is 5.53. The highest BCUT2D eigenvalue weighted by Gasteiger charge is 2.27. The van der Waals surface area contributed by atoms with Gasteiger partial charge in [-0.3, -0.25) is 9.10 Å². The molecule has 2 rings (SSSR count). The van der Waals surface area contributed by atoms with Crippen LogP contribution in [0.1, 0.15) is 13.8 Å². The van der Waals surface area contributed by atoms with Crippen molar-refractivity contribution in [1.82, 2.24) is 0 Å². The average Bonchev–Trinajstić information content (AvgIpc) is 2.62. The summed E-state index contributed by atoms with van der Waals surface area (Å²) >= 11 is 6.11. The van der Waals surface area contributed by atoms with Crippen LogP contribution in [0.4, 0.5) is 11.4 Å². The predicted octanol–water partition coefficient (Wildman–Crippen LogP) is 3.53. The summed E-state index contributed by atoms with van der Waals surface area (Å²) in [5, 5.41) is 2.91. The lowest BCUT2D eigenvalue weighted by Crippen LogP contribution is -2.31. The summed E-state index contributed by atoms with van der Waals surface area (Å²) in [6, 6.07) is 8.96. The van der Waals surface area contributed by atoms with Crippen LogP contribution in [-0.4, -0.2) is 35.1 Å². The minimum atomic E-state index is -3.88. The number of sulfonamides is 1. The third-order valence-electron chi connectivity index (χ3n) is 3.77. The normalized spacial score (nSPS) is 11.0. The number of rotatable bonds is 7. The number of anilines is 2. The molecule has 1 amide bonds. The van der Waals surface area contributed by atoms with Gasteiger partial charge in [-0.1, -0.05) is 11.6 Å². The van der Waals surface area contributed by atoms with E-state index in [0.717, 1.165) is 0 Å². The molecule has 0 radical (unpaired) electrons. The molecule has 0 aliphatic rings. The summed E-state index contributed by atoms with van der Waals surface area (Å²) in [6.07, 6.45) is 0. The fraction of sp³-hybridized carbons (Fsp3) is 0.278. The van der Waals surface area contributed by atoms with E-state index in [9.17, 15) is 13.2 Å². The molecular formula is C18H21ClN2O5S. The number of nitrogens with zero attached hydrogens (tertiary/aromatic N) is 1. The van der Waals surface area contributed by atoms with E-state index in [4.69, 9.17) is 21.1 Å². The van der Waals surface area contributed by atoms with E-state index in [1.54, 1.807) is 6.92 Å². The van der Waals surface area contributed by atoms with Gasteiger partial charge < -0.3 is 14.8 Å². The highest BCUT2D eigenvalue weighted by atomic mass is 35.5. The third-order valence-corrected chi connectivity index (χ3v) is 5.97. The summed E-state index contributed by atoms with van der Waals surface area (Å²) in [7, 11) is -0.996. The van der Waals surface area contributed by atoms with Crippen molar-refractivity contribution in [1.29, 1.82) is 0 Å². The van der Waals surface area contributed by atoms with Gasteiger partial charge in [0.25, 0.3) is 10.0 Å². The number of carbonyl (C=O) groups is 1. The van der Waals surface area contributed by atoms with E-state index in [0.29, 0.717) is 27.9 Å². The van der Waals surface area contributed by atoms with Crippen molar-refractivity contribution in [3.8, 4) is 11.5 Å². The van der Waals surface area contributed by atoms with Gasteiger partial charge in [-0.15, -0.1) is 0 Å². The number of nitrogens with one attached hydrogen (secondary N) is 1. The monoisotopic (exact) mass is 412 g/mol. The summed E-state index contributed by atoms with van der Waals surface area (Å²) < 4.78 is 38.0. The zero-order valence-corrected chi connectivity index (χ0v) is 17.0. The van der Waals surface area contributed by atoms with Crippen LogP contribution < -0.4 is 19.1 Å². The van der Waals surface area contributed by atoms with Gasteiger partial charge in [0.2, 0.25) is 5.91 Å². The molecule has 2 aromatic carbocycles. The van der Waals surface area contributed by atoms with Gasteiger partial charge in [0, 0.05) is 31.3 Å². The molecule has 0 aliphatic carbocycles. The first-order valence-corrected chi connectivity index (χ1v) is 9.88. The third kappa shape index (κ3) is 4.45. The quantitative estimate of drug-likeness (QED) is 0.751. The first-order chi connectivity index (χ1) is 12.7. The molecular weight excluding hydrogens is 392 g/mol. The summed E-state index contributed by atoms with van der Waals surface area (Å²) in [5.74, 6) is 0.405. The molecule has 0 saturated carbocycles. The van der Waals surface area contributed by atoms with Crippen molar-refractivity contribution in [2.24, 2.45) is 0 Å². The molecule has 0 spiro atoms. The molecule has 0 bridgehead atoms. The molecule has 0 saturated heterocycles. The summed E-state index contributed by atoms with van der Waals surface area (Å²) in [4.78, 5) is 11.2. The lowest BCUT2D eigenvalue weighted by Gasteiger charge is -2.25. The number of methoxy groups -OCH3 is 2. The Morgan fingerprint density at radius 1 is 1.11 bits per heavy atom. The smallest absolute Gasteiger partial charge is 0.264 e. The molecule has 146 valence electrons. The van der Waals surface area contributed by atoms with Gasteiger partial charge in [-0.2, -0.15) is 0 Å². The Bertz CT molecular complexity index is 930. The lowest BCUT2D eigenvalue weighted by atomic mass is 10.2. The van der Waals surface area contributed by atoms with Gasteiger partial charge in [0.15, 0.2) is 0 Å². The molecule has 0 aliphatic heterocycles. The molecule has 9 heteroatoms. The van der Waals surface area contributed by atoms with E-state index < -0.39 is 10.0 Å². The second kappa shape index (κ2) is 8.49. The van der Waals surface area contributed by atoms with E-state index in [-0.39, 0.29) is 17.3 Å². The van der Waals surface area contributed by atoms with Crippen molar-refractivity contribution >= 4 is 38.9 Å². The van der Waals surface area contributed by atoms with Crippen molar-refractivity contribution in [3.63, 3.8) is 0 Å². The Kier molecular flexibility index (Phi) is 6.56. The van der Waals surface area contributed by atoms with E-state index in [2.05, 4.69) is 5.32 Å². The van der Waals surface area contributed by atoms with Gasteiger partial charge >= 0.3 is 0 Å². The first kappa shape index (κ1) is 20.9. The Morgan fingerprint density at radius 3 is 2.19 bits per heavy atom. The van der Waals surface area contributed by atoms with Crippen LogP contribution in [0, 0.1) is 0 Å². The minimum Gasteiger partial charge on any atom is -0.495 e. The molecule has 7 nitrogen and oxygen atoms in total. The largest absolute Gasteiger partial charge is 0.495 e. The van der Waals surface area contributed by atoms with Crippen molar-refractivity contribution < 1.29 is 22.7 Å². The fourth-order valence-electron chi connectivity index (χ4n) is 2.55. The maximum absolute atomic E-state index is 13.2. The van der Waals surface area contributed by atoms with Gasteiger partial charge in [-0.05, 0) is 31.2 Å². The minimum absolute atomic E-state index is 0.0782. The average molecular weight is 413 g/mol. The number of hydrogen-bond donors (Lipinski definition) is 1. The Hall–Kier alpha value is -2.45. The Labute approximate surface area is 163 Å². The van der Waals surface area contributed by atoms with Crippen LogP contribution in [-0.2, 0) is 14.8 Å². The zero-order chi connectivity index (χ0) is 20.2. The van der Waals surface area contributed by atoms with Crippen molar-refractivity contribution in [2.45, 2.75) is 18.7 Å². The second-order valence-corrected chi connectivity index (χ2v) is 7.80. The molecule has 2 aromatic rings. The molecule has 27 heavy (non-hydrogen) atoms. The zero-order valence-electron chi connectivity index (χ0n) is 15.4. The number of hydrogen-bond acceptors (Lipinski definition) is 5. The fourth-order valence-corrected chi connectivity index (χ4v) is 4.26. The Balaban J connectivity index is 2.51. The number of ether oxygens (including phenoxy) is 2. The topological polar surface area (TPSA) is 84.9 Å². The van der Waals surface area contributed by atoms with Crippen molar-refractivity contribution in [3.05, 3.63) is 41.4 Å². The maximum atomic E-state index is 13.2. The lowest BCUT2D eigenvalue weighted by molar-refractivity contribution is -0.114. The highest BCUT2D eigenvalue weighted by Crippen LogP contribution is 2.40. The SMILES string of the molecule is CCN(c1cc(OC)c(Cl)cc1OC)S(=O)(=O)c1ccc(NC(C)=O)cc1. The first-order valence-electron chi connectivity index (χ1n) is 8.06. The van der Waals surface area contributed by atoms with E-state index >= 15 is 0 Å². The van der Waals surface area contributed by atoms with Gasteiger partial charge in [-0.25, -0.2) is 8.42 Å². The molecule has 0 heterocycles. The molecule has 0 fully saturated rings. The summed E-state index contributed by atoms with van der Waals surface area (Å²) in [5.41, 5.74) is 0.822. The van der Waals surface area contributed by atoms with Gasteiger partial charge in [0.1, 0.15) is 11.5 Å². The van der Waals surface area contributed by atoms with Gasteiger partial charge in [0.05, 0.1) is 29.8 Å². The van der Waals surface area contributed by atoms with Crippen molar-refractivity contribution in [2.75, 3.05) is 30.4 Å². The maximum Gasteiger partial charge on any atom is 0.264 e. The van der Waals surface area contributed by atoms with Crippen LogP contribution in [0.5, 0.6) is 11.5 Å².